The standard InChI is InChI=1S/C14H13N5O/c1-9-8-10(5-6-11(9)15)13(20)16-14-18-17-12-4-2-3-7-19(12)14/h2-8H,15H2,1H3,(H,16,18,20). The number of nitrogens with one attached hydrogen (secondary N) is 1. The topological polar surface area (TPSA) is 85.3 Å². The molecular formula is C14H13N5O. The number of anilines is 2. The third kappa shape index (κ3) is 2.07. The highest BCUT2D eigenvalue weighted by Crippen LogP contribution is 2.14. The largest absolute Gasteiger partial charge is 0.399 e. The first-order valence-corrected chi connectivity index (χ1v) is 6.12. The van der Waals surface area contributed by atoms with Gasteiger partial charge in [-0.3, -0.25) is 14.5 Å². The zero-order chi connectivity index (χ0) is 14.1. The Labute approximate surface area is 115 Å². The summed E-state index contributed by atoms with van der Waals surface area (Å²) in [6.45, 7) is 1.86. The fraction of sp³-hybridized carbons (Fsp3) is 0.0714. The van der Waals surface area contributed by atoms with Gasteiger partial charge < -0.3 is 5.73 Å². The van der Waals surface area contributed by atoms with Crippen LogP contribution in [0.5, 0.6) is 0 Å². The number of nitrogens with two attached hydrogens (primary N) is 1. The molecule has 0 atom stereocenters. The maximum atomic E-state index is 12.2. The number of amides is 1. The van der Waals surface area contributed by atoms with Gasteiger partial charge in [0.25, 0.3) is 5.91 Å². The molecule has 3 N–H and O–H groups in total. The van der Waals surface area contributed by atoms with Crippen molar-refractivity contribution in [2.24, 2.45) is 0 Å². The van der Waals surface area contributed by atoms with Crippen LogP contribution in [0.15, 0.2) is 42.6 Å². The lowest BCUT2D eigenvalue weighted by Gasteiger charge is -2.05. The molecule has 20 heavy (non-hydrogen) atoms. The van der Waals surface area contributed by atoms with Crippen LogP contribution < -0.4 is 11.1 Å². The first-order valence-electron chi connectivity index (χ1n) is 6.12. The molecule has 3 aromatic rings. The molecule has 0 spiro atoms. The smallest absolute Gasteiger partial charge is 0.258 e. The Morgan fingerprint density at radius 2 is 2.10 bits per heavy atom. The first-order chi connectivity index (χ1) is 9.65. The fourth-order valence-corrected chi connectivity index (χ4v) is 1.92. The lowest BCUT2D eigenvalue weighted by Crippen LogP contribution is -2.14. The first kappa shape index (κ1) is 12.2. The van der Waals surface area contributed by atoms with E-state index in [1.165, 1.54) is 0 Å². The lowest BCUT2D eigenvalue weighted by atomic mass is 10.1. The summed E-state index contributed by atoms with van der Waals surface area (Å²) in [5.41, 5.74) is 8.48. The van der Waals surface area contributed by atoms with E-state index < -0.39 is 0 Å². The van der Waals surface area contributed by atoms with Crippen LogP contribution in [-0.2, 0) is 0 Å². The van der Waals surface area contributed by atoms with Gasteiger partial charge in [-0.15, -0.1) is 10.2 Å². The summed E-state index contributed by atoms with van der Waals surface area (Å²) in [6, 6.07) is 10.7. The van der Waals surface area contributed by atoms with Gasteiger partial charge in [0.05, 0.1) is 0 Å². The van der Waals surface area contributed by atoms with E-state index in [4.69, 9.17) is 5.73 Å². The molecule has 100 valence electrons. The van der Waals surface area contributed by atoms with E-state index in [1.54, 1.807) is 28.8 Å². The molecule has 0 saturated heterocycles. The second-order valence-electron chi connectivity index (χ2n) is 4.48. The van der Waals surface area contributed by atoms with Crippen molar-refractivity contribution in [3.63, 3.8) is 0 Å². The number of aromatic nitrogens is 3. The predicted molar refractivity (Wildman–Crippen MR) is 76.5 cm³/mol. The number of nitrogen functional groups attached to an aromatic ring is 1. The highest BCUT2D eigenvalue weighted by atomic mass is 16.1. The number of rotatable bonds is 2. The molecule has 0 radical (unpaired) electrons. The Bertz CT molecular complexity index is 793. The van der Waals surface area contributed by atoms with Crippen LogP contribution in [0.2, 0.25) is 0 Å². The third-order valence-electron chi connectivity index (χ3n) is 3.07. The Kier molecular flexibility index (Phi) is 2.83. The average Bonchev–Trinajstić information content (AvgIpc) is 2.85. The zero-order valence-electron chi connectivity index (χ0n) is 10.9. The van der Waals surface area contributed by atoms with Gasteiger partial charge in [0.15, 0.2) is 5.65 Å². The molecule has 6 heteroatoms. The third-order valence-corrected chi connectivity index (χ3v) is 3.07. The molecule has 1 aromatic carbocycles. The molecule has 0 aliphatic heterocycles. The molecule has 6 nitrogen and oxygen atoms in total. The van der Waals surface area contributed by atoms with Crippen molar-refractivity contribution in [3.8, 4) is 0 Å². The lowest BCUT2D eigenvalue weighted by molar-refractivity contribution is 0.102. The van der Waals surface area contributed by atoms with Gasteiger partial charge in [0, 0.05) is 17.4 Å². The van der Waals surface area contributed by atoms with Crippen LogP contribution in [-0.4, -0.2) is 20.5 Å². The zero-order valence-corrected chi connectivity index (χ0v) is 10.9. The van der Waals surface area contributed by atoms with Gasteiger partial charge in [0.1, 0.15) is 0 Å². The van der Waals surface area contributed by atoms with Crippen LogP contribution in [0.1, 0.15) is 15.9 Å². The maximum absolute atomic E-state index is 12.2. The number of hydrogen-bond donors (Lipinski definition) is 2. The van der Waals surface area contributed by atoms with Gasteiger partial charge in [-0.2, -0.15) is 0 Å². The molecule has 0 fully saturated rings. The summed E-state index contributed by atoms with van der Waals surface area (Å²) < 4.78 is 1.71. The molecule has 2 heterocycles. The summed E-state index contributed by atoms with van der Waals surface area (Å²) in [5.74, 6) is 0.145. The second kappa shape index (κ2) is 4.65. The summed E-state index contributed by atoms with van der Waals surface area (Å²) in [5, 5.41) is 10.7. The van der Waals surface area contributed by atoms with Crippen molar-refractivity contribution in [2.75, 3.05) is 11.1 Å². The van der Waals surface area contributed by atoms with E-state index in [0.717, 1.165) is 5.56 Å². The van der Waals surface area contributed by atoms with Crippen molar-refractivity contribution in [1.82, 2.24) is 14.6 Å². The van der Waals surface area contributed by atoms with Crippen LogP contribution in [0.4, 0.5) is 11.6 Å². The number of benzene rings is 1. The van der Waals surface area contributed by atoms with E-state index >= 15 is 0 Å². The molecule has 0 unspecified atom stereocenters. The van der Waals surface area contributed by atoms with Gasteiger partial charge in [-0.05, 0) is 42.8 Å². The van der Waals surface area contributed by atoms with Crippen LogP contribution in [0.25, 0.3) is 5.65 Å². The molecule has 0 saturated carbocycles. The van der Waals surface area contributed by atoms with Crippen LogP contribution >= 0.6 is 0 Å². The molecule has 0 aliphatic rings. The van der Waals surface area contributed by atoms with E-state index in [1.807, 2.05) is 25.1 Å². The second-order valence-corrected chi connectivity index (χ2v) is 4.48. The SMILES string of the molecule is Cc1cc(C(=O)Nc2nnc3ccccn23)ccc1N. The number of aryl methyl sites for hydroxylation is 1. The minimum Gasteiger partial charge on any atom is -0.399 e. The summed E-state index contributed by atoms with van der Waals surface area (Å²) >= 11 is 0. The van der Waals surface area contributed by atoms with Gasteiger partial charge in [0.2, 0.25) is 5.95 Å². The van der Waals surface area contributed by atoms with Gasteiger partial charge in [-0.25, -0.2) is 0 Å². The Hall–Kier alpha value is -2.89. The Balaban J connectivity index is 1.90. The fourth-order valence-electron chi connectivity index (χ4n) is 1.92. The number of carbonyl (C=O) groups excluding carboxylic acids is 1. The number of fused-ring (bicyclic) bond motifs is 1. The van der Waals surface area contributed by atoms with Gasteiger partial charge >= 0.3 is 0 Å². The van der Waals surface area contributed by atoms with Crippen molar-refractivity contribution in [1.29, 1.82) is 0 Å². The van der Waals surface area contributed by atoms with E-state index in [0.29, 0.717) is 22.8 Å². The van der Waals surface area contributed by atoms with Crippen molar-refractivity contribution < 1.29 is 4.79 Å². The number of hydrogen-bond acceptors (Lipinski definition) is 4. The highest BCUT2D eigenvalue weighted by Gasteiger charge is 2.11. The number of carbonyl (C=O) groups is 1. The normalized spacial score (nSPS) is 10.7. The highest BCUT2D eigenvalue weighted by molar-refractivity contribution is 6.03. The van der Waals surface area contributed by atoms with Gasteiger partial charge in [-0.1, -0.05) is 6.07 Å². The Morgan fingerprint density at radius 3 is 2.90 bits per heavy atom. The molecule has 2 aromatic heterocycles. The molecule has 0 bridgehead atoms. The molecule has 3 rings (SSSR count). The Morgan fingerprint density at radius 1 is 1.25 bits per heavy atom. The number of nitrogens with zero attached hydrogens (tertiary/aromatic N) is 3. The molecule has 1 amide bonds. The quantitative estimate of drug-likeness (QED) is 0.694. The maximum Gasteiger partial charge on any atom is 0.258 e. The van der Waals surface area contributed by atoms with Crippen molar-refractivity contribution in [2.45, 2.75) is 6.92 Å². The van der Waals surface area contributed by atoms with Crippen LogP contribution in [0, 0.1) is 6.92 Å². The van der Waals surface area contributed by atoms with E-state index in [9.17, 15) is 4.79 Å². The summed E-state index contributed by atoms with van der Waals surface area (Å²) in [4.78, 5) is 12.2. The minimum atomic E-state index is -0.244. The molecular weight excluding hydrogens is 254 g/mol. The van der Waals surface area contributed by atoms with Crippen LogP contribution in [0.3, 0.4) is 0 Å². The predicted octanol–water partition coefficient (Wildman–Crippen LogP) is 1.87. The van der Waals surface area contributed by atoms with Crippen molar-refractivity contribution in [3.05, 3.63) is 53.7 Å². The van der Waals surface area contributed by atoms with Crippen molar-refractivity contribution >= 4 is 23.2 Å². The summed E-state index contributed by atoms with van der Waals surface area (Å²) in [6.07, 6.45) is 1.79. The van der Waals surface area contributed by atoms with E-state index in [-0.39, 0.29) is 5.91 Å². The molecule has 0 aliphatic carbocycles. The monoisotopic (exact) mass is 267 g/mol. The average molecular weight is 267 g/mol. The van der Waals surface area contributed by atoms with E-state index in [2.05, 4.69) is 15.5 Å². The number of pyridine rings is 1. The summed E-state index contributed by atoms with van der Waals surface area (Å²) in [7, 11) is 0. The minimum absolute atomic E-state index is 0.244.